The summed E-state index contributed by atoms with van der Waals surface area (Å²) in [7, 11) is 1.58. The first kappa shape index (κ1) is 23.2. The minimum Gasteiger partial charge on any atom is -0.503 e. The molecular formula is C29H25NO6. The molecule has 1 amide bonds. The molecule has 0 fully saturated rings. The Morgan fingerprint density at radius 1 is 1.00 bits per heavy atom. The number of nitrogens with zero attached hydrogens (tertiary/aromatic N) is 1. The van der Waals surface area contributed by atoms with Gasteiger partial charge in [-0.1, -0.05) is 42.5 Å². The average molecular weight is 484 g/mol. The van der Waals surface area contributed by atoms with Crippen LogP contribution < -0.4 is 9.47 Å². The van der Waals surface area contributed by atoms with E-state index in [0.717, 1.165) is 10.9 Å². The van der Waals surface area contributed by atoms with Crippen molar-refractivity contribution in [1.29, 1.82) is 0 Å². The van der Waals surface area contributed by atoms with E-state index in [0.29, 0.717) is 29.3 Å². The molecule has 0 bridgehead atoms. The summed E-state index contributed by atoms with van der Waals surface area (Å²) < 4.78 is 16.7. The Morgan fingerprint density at radius 3 is 2.50 bits per heavy atom. The van der Waals surface area contributed by atoms with Crippen LogP contribution in [0.2, 0.25) is 0 Å². The first-order valence-corrected chi connectivity index (χ1v) is 11.6. The molecule has 1 aromatic heterocycles. The number of ether oxygens (including phenoxy) is 2. The smallest absolute Gasteiger partial charge is 0.290 e. The van der Waals surface area contributed by atoms with Crippen LogP contribution in [-0.2, 0) is 11.3 Å². The van der Waals surface area contributed by atoms with Crippen molar-refractivity contribution in [3.05, 3.63) is 107 Å². The second-order valence-corrected chi connectivity index (χ2v) is 8.43. The molecule has 1 aliphatic heterocycles. The van der Waals surface area contributed by atoms with E-state index in [1.54, 1.807) is 43.5 Å². The molecule has 182 valence electrons. The fraction of sp³-hybridized carbons (Fsp3) is 0.172. The highest BCUT2D eigenvalue weighted by atomic mass is 16.5. The zero-order valence-corrected chi connectivity index (χ0v) is 19.9. The highest BCUT2D eigenvalue weighted by Gasteiger charge is 2.44. The zero-order valence-electron chi connectivity index (χ0n) is 19.9. The summed E-state index contributed by atoms with van der Waals surface area (Å²) in [6.07, 6.45) is 0. The van der Waals surface area contributed by atoms with E-state index in [9.17, 15) is 14.7 Å². The molecule has 0 saturated carbocycles. The predicted octanol–water partition coefficient (Wildman–Crippen LogP) is 5.62. The number of aliphatic hydroxyl groups excluding tert-OH is 1. The number of rotatable bonds is 8. The summed E-state index contributed by atoms with van der Waals surface area (Å²) in [5.41, 5.74) is 1.99. The van der Waals surface area contributed by atoms with Gasteiger partial charge in [-0.2, -0.15) is 0 Å². The third-order valence-electron chi connectivity index (χ3n) is 6.19. The van der Waals surface area contributed by atoms with Gasteiger partial charge in [0, 0.05) is 11.9 Å². The molecule has 5 rings (SSSR count). The number of hydrogen-bond acceptors (Lipinski definition) is 6. The Bertz CT molecular complexity index is 1430. The van der Waals surface area contributed by atoms with Crippen molar-refractivity contribution in [3.8, 4) is 11.5 Å². The van der Waals surface area contributed by atoms with Crippen molar-refractivity contribution in [2.24, 2.45) is 0 Å². The largest absolute Gasteiger partial charge is 0.503 e. The molecule has 7 heteroatoms. The lowest BCUT2D eigenvalue weighted by Crippen LogP contribution is -2.30. The minimum atomic E-state index is -0.833. The van der Waals surface area contributed by atoms with Crippen molar-refractivity contribution >= 4 is 22.7 Å². The maximum absolute atomic E-state index is 13.7. The van der Waals surface area contributed by atoms with Gasteiger partial charge in [0.05, 0.1) is 25.3 Å². The Kier molecular flexibility index (Phi) is 6.21. The Hall–Kier alpha value is -4.52. The number of Topliss-reactive ketones (excluding diaryl/α,β-unsaturated/α-hetero) is 1. The van der Waals surface area contributed by atoms with Crippen molar-refractivity contribution < 1.29 is 28.6 Å². The van der Waals surface area contributed by atoms with Gasteiger partial charge in [0.2, 0.25) is 5.78 Å². The lowest BCUT2D eigenvalue weighted by atomic mass is 9.94. The van der Waals surface area contributed by atoms with Crippen LogP contribution in [0.25, 0.3) is 11.0 Å². The van der Waals surface area contributed by atoms with E-state index < -0.39 is 23.5 Å². The van der Waals surface area contributed by atoms with Crippen LogP contribution in [0.5, 0.6) is 11.5 Å². The fourth-order valence-corrected chi connectivity index (χ4v) is 4.49. The summed E-state index contributed by atoms with van der Waals surface area (Å²) >= 11 is 0. The maximum Gasteiger partial charge on any atom is 0.290 e. The van der Waals surface area contributed by atoms with Gasteiger partial charge < -0.3 is 23.9 Å². The number of carbonyl (C=O) groups excluding carboxylic acids is 2. The molecule has 1 aliphatic rings. The van der Waals surface area contributed by atoms with Crippen molar-refractivity contribution in [1.82, 2.24) is 4.90 Å². The van der Waals surface area contributed by atoms with Crippen molar-refractivity contribution in [2.45, 2.75) is 19.5 Å². The molecule has 0 spiro atoms. The molecule has 1 unspecified atom stereocenters. The standard InChI is InChI=1S/C29H25NO6/c1-3-35-22-9-6-8-20(15-22)26-25(27(31)24-16-19-7-4-5-10-23(19)36-24)28(32)29(33)30(26)17-18-11-13-21(34-2)14-12-18/h4-16,26,32H,3,17H2,1-2H3. The van der Waals surface area contributed by atoms with Crippen molar-refractivity contribution in [2.75, 3.05) is 13.7 Å². The molecule has 36 heavy (non-hydrogen) atoms. The Balaban J connectivity index is 1.58. The molecular weight excluding hydrogens is 458 g/mol. The number of aliphatic hydroxyl groups is 1. The van der Waals surface area contributed by atoms with E-state index in [4.69, 9.17) is 13.9 Å². The molecule has 1 N–H and O–H groups in total. The molecule has 0 aliphatic carbocycles. The summed E-state index contributed by atoms with van der Waals surface area (Å²) in [5.74, 6) is -0.398. The number of furan rings is 1. The Labute approximate surface area is 208 Å². The second kappa shape index (κ2) is 9.62. The second-order valence-electron chi connectivity index (χ2n) is 8.43. The van der Waals surface area contributed by atoms with E-state index in [-0.39, 0.29) is 17.9 Å². The van der Waals surface area contributed by atoms with Gasteiger partial charge in [-0.3, -0.25) is 9.59 Å². The van der Waals surface area contributed by atoms with Gasteiger partial charge in [-0.25, -0.2) is 0 Å². The SMILES string of the molecule is CCOc1cccc(C2C(C(=O)c3cc4ccccc4o3)=C(O)C(=O)N2Cc2ccc(OC)cc2)c1. The van der Waals surface area contributed by atoms with E-state index in [2.05, 4.69) is 0 Å². The fourth-order valence-electron chi connectivity index (χ4n) is 4.49. The van der Waals surface area contributed by atoms with Gasteiger partial charge in [-0.05, 0) is 54.4 Å². The monoisotopic (exact) mass is 483 g/mol. The third kappa shape index (κ3) is 4.20. The first-order valence-electron chi connectivity index (χ1n) is 11.6. The first-order chi connectivity index (χ1) is 17.5. The number of carbonyl (C=O) groups is 2. The van der Waals surface area contributed by atoms with Gasteiger partial charge in [0.15, 0.2) is 11.5 Å². The van der Waals surface area contributed by atoms with Crippen LogP contribution in [0.3, 0.4) is 0 Å². The van der Waals surface area contributed by atoms with Gasteiger partial charge in [-0.15, -0.1) is 0 Å². The summed E-state index contributed by atoms with van der Waals surface area (Å²) in [5, 5.41) is 11.7. The highest BCUT2D eigenvalue weighted by molar-refractivity contribution is 6.16. The summed E-state index contributed by atoms with van der Waals surface area (Å²) in [6.45, 7) is 2.52. The van der Waals surface area contributed by atoms with E-state index in [1.165, 1.54) is 4.90 Å². The lowest BCUT2D eigenvalue weighted by Gasteiger charge is -2.27. The number of fused-ring (bicyclic) bond motifs is 1. The van der Waals surface area contributed by atoms with Crippen LogP contribution in [0.4, 0.5) is 0 Å². The molecule has 7 nitrogen and oxygen atoms in total. The molecule has 1 atom stereocenters. The van der Waals surface area contributed by atoms with Crippen LogP contribution >= 0.6 is 0 Å². The molecule has 2 heterocycles. The molecule has 0 radical (unpaired) electrons. The van der Waals surface area contributed by atoms with Gasteiger partial charge >= 0.3 is 0 Å². The van der Waals surface area contributed by atoms with Crippen LogP contribution in [0.1, 0.15) is 34.6 Å². The quantitative estimate of drug-likeness (QED) is 0.327. The van der Waals surface area contributed by atoms with Crippen LogP contribution in [-0.4, -0.2) is 35.4 Å². The predicted molar refractivity (Wildman–Crippen MR) is 134 cm³/mol. The number of hydrogen-bond donors (Lipinski definition) is 1. The molecule has 4 aromatic rings. The number of para-hydroxylation sites is 1. The normalized spacial score (nSPS) is 15.6. The zero-order chi connectivity index (χ0) is 25.2. The van der Waals surface area contributed by atoms with Crippen LogP contribution in [0, 0.1) is 0 Å². The molecule has 3 aromatic carbocycles. The summed E-state index contributed by atoms with van der Waals surface area (Å²) in [4.78, 5) is 28.5. The minimum absolute atomic E-state index is 0.0267. The molecule has 0 saturated heterocycles. The summed E-state index contributed by atoms with van der Waals surface area (Å²) in [6, 6.07) is 22.5. The van der Waals surface area contributed by atoms with E-state index in [1.807, 2.05) is 49.4 Å². The number of benzene rings is 3. The number of amides is 1. The number of methoxy groups -OCH3 is 1. The van der Waals surface area contributed by atoms with Gasteiger partial charge in [0.25, 0.3) is 5.91 Å². The van der Waals surface area contributed by atoms with Crippen molar-refractivity contribution in [3.63, 3.8) is 0 Å². The number of ketones is 1. The third-order valence-corrected chi connectivity index (χ3v) is 6.19. The maximum atomic E-state index is 13.7. The average Bonchev–Trinajstić information content (AvgIpc) is 3.44. The van der Waals surface area contributed by atoms with E-state index >= 15 is 0 Å². The van der Waals surface area contributed by atoms with Crippen LogP contribution in [0.15, 0.2) is 94.6 Å². The topological polar surface area (TPSA) is 89.2 Å². The highest BCUT2D eigenvalue weighted by Crippen LogP contribution is 2.41. The van der Waals surface area contributed by atoms with Gasteiger partial charge in [0.1, 0.15) is 17.1 Å². The Morgan fingerprint density at radius 2 is 1.78 bits per heavy atom. The lowest BCUT2D eigenvalue weighted by molar-refractivity contribution is -0.130.